The highest BCUT2D eigenvalue weighted by molar-refractivity contribution is 7.89. The maximum atomic E-state index is 12.8. The molecule has 0 atom stereocenters. The SMILES string of the molecule is Cc1ccc2c(c1)NC(=O)c1cc(-c3ccc(CS(C)(=O)=O)cc3)ccc1N2. The van der Waals surface area contributed by atoms with E-state index in [0.29, 0.717) is 5.56 Å². The predicted molar refractivity (Wildman–Crippen MR) is 113 cm³/mol. The Labute approximate surface area is 164 Å². The molecule has 0 unspecified atom stereocenters. The van der Waals surface area contributed by atoms with E-state index in [-0.39, 0.29) is 11.7 Å². The van der Waals surface area contributed by atoms with Crippen LogP contribution in [0.4, 0.5) is 17.1 Å². The van der Waals surface area contributed by atoms with E-state index in [0.717, 1.165) is 39.3 Å². The van der Waals surface area contributed by atoms with E-state index < -0.39 is 9.84 Å². The van der Waals surface area contributed by atoms with Crippen LogP contribution in [-0.2, 0) is 15.6 Å². The van der Waals surface area contributed by atoms with Crippen LogP contribution in [0.15, 0.2) is 60.7 Å². The van der Waals surface area contributed by atoms with Crippen molar-refractivity contribution in [2.45, 2.75) is 12.7 Å². The minimum Gasteiger partial charge on any atom is -0.353 e. The molecule has 3 aromatic rings. The molecule has 1 amide bonds. The summed E-state index contributed by atoms with van der Waals surface area (Å²) in [6, 6.07) is 18.9. The minimum atomic E-state index is -3.07. The van der Waals surface area contributed by atoms with Crippen molar-refractivity contribution in [2.24, 2.45) is 0 Å². The van der Waals surface area contributed by atoms with Gasteiger partial charge in [0.05, 0.1) is 28.4 Å². The molecule has 4 rings (SSSR count). The molecule has 0 fully saturated rings. The van der Waals surface area contributed by atoms with Crippen LogP contribution in [0.3, 0.4) is 0 Å². The first kappa shape index (κ1) is 18.3. The van der Waals surface area contributed by atoms with Crippen molar-refractivity contribution in [3.8, 4) is 11.1 Å². The topological polar surface area (TPSA) is 75.3 Å². The third-order valence-electron chi connectivity index (χ3n) is 4.67. The van der Waals surface area contributed by atoms with Gasteiger partial charge in [-0.3, -0.25) is 4.79 Å². The fraction of sp³-hybridized carbons (Fsp3) is 0.136. The summed E-state index contributed by atoms with van der Waals surface area (Å²) in [5, 5.41) is 6.29. The lowest BCUT2D eigenvalue weighted by Gasteiger charge is -2.10. The molecule has 1 aliphatic heterocycles. The van der Waals surface area contributed by atoms with E-state index in [9.17, 15) is 13.2 Å². The fourth-order valence-electron chi connectivity index (χ4n) is 3.32. The van der Waals surface area contributed by atoms with E-state index in [4.69, 9.17) is 0 Å². The van der Waals surface area contributed by atoms with Crippen LogP contribution in [-0.4, -0.2) is 20.6 Å². The highest BCUT2D eigenvalue weighted by Crippen LogP contribution is 2.34. The Kier molecular flexibility index (Phi) is 4.43. The summed E-state index contributed by atoms with van der Waals surface area (Å²) in [4.78, 5) is 12.8. The molecular formula is C22H20N2O3S. The summed E-state index contributed by atoms with van der Waals surface area (Å²) >= 11 is 0. The second kappa shape index (κ2) is 6.80. The molecule has 0 saturated heterocycles. The lowest BCUT2D eigenvalue weighted by molar-refractivity contribution is 0.102. The van der Waals surface area contributed by atoms with E-state index in [2.05, 4.69) is 10.6 Å². The van der Waals surface area contributed by atoms with Crippen molar-refractivity contribution < 1.29 is 13.2 Å². The molecule has 28 heavy (non-hydrogen) atoms. The number of fused-ring (bicyclic) bond motifs is 2. The van der Waals surface area contributed by atoms with Gasteiger partial charge in [0.15, 0.2) is 9.84 Å². The van der Waals surface area contributed by atoms with Crippen LogP contribution in [0.1, 0.15) is 21.5 Å². The third-order valence-corrected chi connectivity index (χ3v) is 5.53. The number of anilines is 3. The normalized spacial score (nSPS) is 13.0. The summed E-state index contributed by atoms with van der Waals surface area (Å²) in [5.74, 6) is -0.149. The van der Waals surface area contributed by atoms with Gasteiger partial charge in [-0.25, -0.2) is 8.42 Å². The second-order valence-corrected chi connectivity index (χ2v) is 9.30. The summed E-state index contributed by atoms with van der Waals surface area (Å²) < 4.78 is 22.9. The summed E-state index contributed by atoms with van der Waals surface area (Å²) in [5.41, 5.74) is 6.55. The molecule has 0 bridgehead atoms. The molecular weight excluding hydrogens is 372 g/mol. The average Bonchev–Trinajstić information content (AvgIpc) is 2.76. The summed E-state index contributed by atoms with van der Waals surface area (Å²) in [6.45, 7) is 1.98. The maximum Gasteiger partial charge on any atom is 0.257 e. The number of hydrogen-bond acceptors (Lipinski definition) is 4. The zero-order chi connectivity index (χ0) is 19.9. The van der Waals surface area contributed by atoms with Gasteiger partial charge in [-0.15, -0.1) is 0 Å². The molecule has 0 aliphatic carbocycles. The number of aryl methyl sites for hydroxylation is 1. The summed E-state index contributed by atoms with van der Waals surface area (Å²) in [6.07, 6.45) is 1.22. The highest BCUT2D eigenvalue weighted by Gasteiger charge is 2.19. The second-order valence-electron chi connectivity index (χ2n) is 7.16. The van der Waals surface area contributed by atoms with Crippen LogP contribution in [0, 0.1) is 6.92 Å². The van der Waals surface area contributed by atoms with Crippen molar-refractivity contribution in [3.05, 3.63) is 77.4 Å². The van der Waals surface area contributed by atoms with Gasteiger partial charge < -0.3 is 10.6 Å². The maximum absolute atomic E-state index is 12.8. The van der Waals surface area contributed by atoms with E-state index in [1.54, 1.807) is 12.1 Å². The molecule has 2 N–H and O–H groups in total. The predicted octanol–water partition coefficient (Wildman–Crippen LogP) is 4.52. The molecule has 0 spiro atoms. The Balaban J connectivity index is 1.67. The minimum absolute atomic E-state index is 0.0153. The van der Waals surface area contributed by atoms with Crippen LogP contribution in [0.5, 0.6) is 0 Å². The van der Waals surface area contributed by atoms with Gasteiger partial charge in [0.25, 0.3) is 5.91 Å². The molecule has 0 aromatic heterocycles. The Morgan fingerprint density at radius 1 is 0.786 bits per heavy atom. The van der Waals surface area contributed by atoms with Gasteiger partial charge in [-0.1, -0.05) is 36.4 Å². The number of sulfone groups is 1. The molecule has 5 nitrogen and oxygen atoms in total. The van der Waals surface area contributed by atoms with Gasteiger partial charge >= 0.3 is 0 Å². The highest BCUT2D eigenvalue weighted by atomic mass is 32.2. The van der Waals surface area contributed by atoms with Gasteiger partial charge in [0.1, 0.15) is 0 Å². The summed E-state index contributed by atoms with van der Waals surface area (Å²) in [7, 11) is -3.07. The Hall–Kier alpha value is -3.12. The number of hydrogen-bond donors (Lipinski definition) is 2. The van der Waals surface area contributed by atoms with E-state index in [1.165, 1.54) is 6.26 Å². The van der Waals surface area contributed by atoms with E-state index in [1.807, 2.05) is 55.5 Å². The molecule has 0 radical (unpaired) electrons. The zero-order valence-corrected chi connectivity index (χ0v) is 16.4. The van der Waals surface area contributed by atoms with Gasteiger partial charge in [-0.05, 0) is 53.4 Å². The molecule has 1 aliphatic rings. The average molecular weight is 392 g/mol. The zero-order valence-electron chi connectivity index (χ0n) is 15.6. The molecule has 6 heteroatoms. The van der Waals surface area contributed by atoms with E-state index >= 15 is 0 Å². The Bertz CT molecular complexity index is 1180. The first-order valence-electron chi connectivity index (χ1n) is 8.89. The molecule has 0 saturated carbocycles. The first-order chi connectivity index (χ1) is 13.3. The van der Waals surface area contributed by atoms with Crippen molar-refractivity contribution >= 4 is 32.8 Å². The molecule has 3 aromatic carbocycles. The van der Waals surface area contributed by atoms with Gasteiger partial charge in [0, 0.05) is 6.26 Å². The lowest BCUT2D eigenvalue weighted by atomic mass is 10.0. The quantitative estimate of drug-likeness (QED) is 0.687. The van der Waals surface area contributed by atoms with Crippen LogP contribution in [0.25, 0.3) is 11.1 Å². The number of rotatable bonds is 3. The monoisotopic (exact) mass is 392 g/mol. The van der Waals surface area contributed by atoms with Crippen LogP contribution in [0.2, 0.25) is 0 Å². The van der Waals surface area contributed by atoms with Crippen LogP contribution < -0.4 is 10.6 Å². The van der Waals surface area contributed by atoms with Crippen molar-refractivity contribution in [1.29, 1.82) is 0 Å². The Morgan fingerprint density at radius 2 is 1.46 bits per heavy atom. The largest absolute Gasteiger partial charge is 0.353 e. The number of nitrogens with one attached hydrogen (secondary N) is 2. The number of carbonyl (C=O) groups is 1. The third kappa shape index (κ3) is 3.77. The Morgan fingerprint density at radius 3 is 2.18 bits per heavy atom. The number of amides is 1. The van der Waals surface area contributed by atoms with Gasteiger partial charge in [0.2, 0.25) is 0 Å². The first-order valence-corrected chi connectivity index (χ1v) is 10.9. The number of benzene rings is 3. The smallest absolute Gasteiger partial charge is 0.257 e. The lowest BCUT2D eigenvalue weighted by Crippen LogP contribution is -2.10. The van der Waals surface area contributed by atoms with Crippen LogP contribution >= 0.6 is 0 Å². The van der Waals surface area contributed by atoms with Gasteiger partial charge in [-0.2, -0.15) is 0 Å². The molecule has 142 valence electrons. The van der Waals surface area contributed by atoms with Crippen molar-refractivity contribution in [2.75, 3.05) is 16.9 Å². The number of carbonyl (C=O) groups excluding carboxylic acids is 1. The fourth-order valence-corrected chi connectivity index (χ4v) is 4.12. The van der Waals surface area contributed by atoms with Crippen molar-refractivity contribution in [3.63, 3.8) is 0 Å². The molecule has 1 heterocycles. The standard InChI is InChI=1S/C22H20N2O3S/c1-14-3-9-20-21(11-14)24-22(25)18-12-17(8-10-19(18)23-20)16-6-4-15(5-7-16)13-28(2,26)27/h3-12,23H,13H2,1-2H3,(H,24,25). The van der Waals surface area contributed by atoms with Crippen molar-refractivity contribution in [1.82, 2.24) is 0 Å².